The molecule has 0 bridgehead atoms. The molecule has 1 unspecified atom stereocenters. The Morgan fingerprint density at radius 2 is 1.63 bits per heavy atom. The molecular formula is C30H29F7N2O4. The zero-order chi connectivity index (χ0) is 31.2. The number of benzene rings is 3. The van der Waals surface area contributed by atoms with Crippen LogP contribution in [-0.4, -0.2) is 38.3 Å². The molecule has 3 aromatic carbocycles. The molecule has 1 atom stereocenters. The molecule has 0 spiro atoms. The Morgan fingerprint density at radius 1 is 0.930 bits per heavy atom. The third kappa shape index (κ3) is 7.82. The van der Waals surface area contributed by atoms with Gasteiger partial charge in [-0.1, -0.05) is 49.2 Å². The number of nitrogens with one attached hydrogen (secondary N) is 2. The SMILES string of the molecule is COc1cc(C(Cc2ccccc2)(NC(=O)NC2CCCC2)c2cc(F)cc(OC(F)(F)C(F)F)c2)ccc1OC(F)F. The smallest absolute Gasteiger partial charge is 0.461 e. The predicted molar refractivity (Wildman–Crippen MR) is 142 cm³/mol. The Labute approximate surface area is 243 Å². The molecule has 0 radical (unpaired) electrons. The molecular weight excluding hydrogens is 585 g/mol. The van der Waals surface area contributed by atoms with E-state index in [1.54, 1.807) is 30.3 Å². The van der Waals surface area contributed by atoms with Gasteiger partial charge in [0.05, 0.1) is 12.6 Å². The Balaban J connectivity index is 1.93. The van der Waals surface area contributed by atoms with E-state index in [0.29, 0.717) is 24.5 Å². The molecule has 0 aliphatic heterocycles. The van der Waals surface area contributed by atoms with Crippen molar-refractivity contribution < 1.29 is 49.7 Å². The fraction of sp³-hybridized carbons (Fsp3) is 0.367. The molecule has 1 aliphatic carbocycles. The van der Waals surface area contributed by atoms with Crippen LogP contribution in [-0.2, 0) is 12.0 Å². The summed E-state index contributed by atoms with van der Waals surface area (Å²) >= 11 is 0. The number of rotatable bonds is 12. The molecule has 43 heavy (non-hydrogen) atoms. The first kappa shape index (κ1) is 31.8. The number of carbonyl (C=O) groups excluding carboxylic acids is 1. The van der Waals surface area contributed by atoms with Gasteiger partial charge in [0.2, 0.25) is 0 Å². The Kier molecular flexibility index (Phi) is 9.92. The summed E-state index contributed by atoms with van der Waals surface area (Å²) in [5.74, 6) is -2.58. The second-order valence-electron chi connectivity index (χ2n) is 10.0. The standard InChI is InChI=1S/C30H29F7N2O4/c1-41-25-15-19(11-12-24(25)42-27(34)35)29(17-18-7-3-2-4-8-18,39-28(40)38-22-9-5-6-10-22)20-13-21(31)16-23(14-20)43-30(36,37)26(32)33/h2-4,7-8,11-16,22,26-27H,5-6,9-10,17H2,1H3,(H2,38,39,40). The molecule has 4 rings (SSSR count). The van der Waals surface area contributed by atoms with Crippen LogP contribution in [0.3, 0.4) is 0 Å². The fourth-order valence-corrected chi connectivity index (χ4v) is 5.14. The van der Waals surface area contributed by atoms with Gasteiger partial charge in [-0.25, -0.2) is 9.18 Å². The number of ether oxygens (including phenoxy) is 3. The summed E-state index contributed by atoms with van der Waals surface area (Å²) < 4.78 is 109. The van der Waals surface area contributed by atoms with Gasteiger partial charge in [0.15, 0.2) is 11.5 Å². The van der Waals surface area contributed by atoms with Gasteiger partial charge in [0.1, 0.15) is 11.6 Å². The van der Waals surface area contributed by atoms with Crippen molar-refractivity contribution in [2.75, 3.05) is 7.11 Å². The zero-order valence-electron chi connectivity index (χ0n) is 22.9. The van der Waals surface area contributed by atoms with Crippen molar-refractivity contribution in [2.45, 2.75) is 62.8 Å². The minimum absolute atomic E-state index is 0.127. The van der Waals surface area contributed by atoms with Crippen LogP contribution in [0.1, 0.15) is 42.4 Å². The molecule has 13 heteroatoms. The molecule has 3 aromatic rings. The highest BCUT2D eigenvalue weighted by Crippen LogP contribution is 2.41. The van der Waals surface area contributed by atoms with E-state index in [9.17, 15) is 31.1 Å². The van der Waals surface area contributed by atoms with Crippen LogP contribution in [0.2, 0.25) is 0 Å². The Hall–Kier alpha value is -4.16. The van der Waals surface area contributed by atoms with Crippen LogP contribution in [0.25, 0.3) is 0 Å². The van der Waals surface area contributed by atoms with Gasteiger partial charge in [-0.05, 0) is 53.8 Å². The predicted octanol–water partition coefficient (Wildman–Crippen LogP) is 7.40. The van der Waals surface area contributed by atoms with Crippen LogP contribution in [0.15, 0.2) is 66.7 Å². The minimum atomic E-state index is -4.95. The third-order valence-corrected chi connectivity index (χ3v) is 7.07. The number of carbonyl (C=O) groups is 1. The van der Waals surface area contributed by atoms with E-state index < -0.39 is 42.3 Å². The quantitative estimate of drug-likeness (QED) is 0.209. The maximum Gasteiger partial charge on any atom is 0.461 e. The average molecular weight is 615 g/mol. The van der Waals surface area contributed by atoms with Gasteiger partial charge in [-0.3, -0.25) is 0 Å². The lowest BCUT2D eigenvalue weighted by atomic mass is 9.77. The van der Waals surface area contributed by atoms with Crippen LogP contribution >= 0.6 is 0 Å². The topological polar surface area (TPSA) is 68.8 Å². The number of amides is 2. The number of hydrogen-bond donors (Lipinski definition) is 2. The molecule has 0 aromatic heterocycles. The summed E-state index contributed by atoms with van der Waals surface area (Å²) in [5.41, 5.74) is -1.24. The van der Waals surface area contributed by atoms with E-state index in [4.69, 9.17) is 4.74 Å². The van der Waals surface area contributed by atoms with E-state index in [0.717, 1.165) is 31.0 Å². The van der Waals surface area contributed by atoms with Crippen molar-refractivity contribution in [1.29, 1.82) is 0 Å². The first-order valence-electron chi connectivity index (χ1n) is 13.3. The van der Waals surface area contributed by atoms with E-state index in [1.165, 1.54) is 19.2 Å². The van der Waals surface area contributed by atoms with Crippen molar-refractivity contribution in [1.82, 2.24) is 10.6 Å². The van der Waals surface area contributed by atoms with Crippen molar-refractivity contribution >= 4 is 6.03 Å². The molecule has 6 nitrogen and oxygen atoms in total. The molecule has 1 fully saturated rings. The monoisotopic (exact) mass is 614 g/mol. The van der Waals surface area contributed by atoms with Crippen LogP contribution in [0.4, 0.5) is 35.5 Å². The largest absolute Gasteiger partial charge is 0.493 e. The number of halogens is 7. The molecule has 2 N–H and O–H groups in total. The molecule has 0 saturated heterocycles. The molecule has 1 saturated carbocycles. The number of hydrogen-bond acceptors (Lipinski definition) is 4. The summed E-state index contributed by atoms with van der Waals surface area (Å²) in [6.45, 7) is -3.19. The summed E-state index contributed by atoms with van der Waals surface area (Å²) in [5, 5.41) is 5.70. The normalized spacial score (nSPS) is 15.3. The molecule has 2 amide bonds. The van der Waals surface area contributed by atoms with Crippen molar-refractivity contribution in [3.63, 3.8) is 0 Å². The minimum Gasteiger partial charge on any atom is -0.493 e. The highest BCUT2D eigenvalue weighted by molar-refractivity contribution is 5.77. The van der Waals surface area contributed by atoms with Crippen LogP contribution < -0.4 is 24.8 Å². The van der Waals surface area contributed by atoms with E-state index in [1.807, 2.05) is 0 Å². The Morgan fingerprint density at radius 3 is 2.26 bits per heavy atom. The van der Waals surface area contributed by atoms with Crippen molar-refractivity contribution in [2.24, 2.45) is 0 Å². The summed E-state index contributed by atoms with van der Waals surface area (Å²) in [6.07, 6.45) is -6.07. The second kappa shape index (κ2) is 13.4. The van der Waals surface area contributed by atoms with Crippen molar-refractivity contribution in [3.05, 3.63) is 89.2 Å². The molecule has 1 aliphatic rings. The highest BCUT2D eigenvalue weighted by Gasteiger charge is 2.45. The lowest BCUT2D eigenvalue weighted by Crippen LogP contribution is -2.53. The molecule has 0 heterocycles. The fourth-order valence-electron chi connectivity index (χ4n) is 5.14. The van der Waals surface area contributed by atoms with Crippen LogP contribution in [0, 0.1) is 5.82 Å². The highest BCUT2D eigenvalue weighted by atomic mass is 19.3. The van der Waals surface area contributed by atoms with E-state index in [2.05, 4.69) is 20.1 Å². The van der Waals surface area contributed by atoms with Gasteiger partial charge < -0.3 is 24.8 Å². The van der Waals surface area contributed by atoms with E-state index >= 15 is 4.39 Å². The first-order valence-corrected chi connectivity index (χ1v) is 13.3. The van der Waals surface area contributed by atoms with Gasteiger partial charge in [-0.2, -0.15) is 26.3 Å². The second-order valence-corrected chi connectivity index (χ2v) is 10.0. The van der Waals surface area contributed by atoms with Crippen molar-refractivity contribution in [3.8, 4) is 17.2 Å². The molecule has 232 valence electrons. The van der Waals surface area contributed by atoms with Gasteiger partial charge in [-0.15, -0.1) is 0 Å². The van der Waals surface area contributed by atoms with Gasteiger partial charge in [0.25, 0.3) is 0 Å². The van der Waals surface area contributed by atoms with Gasteiger partial charge in [0, 0.05) is 18.5 Å². The maximum absolute atomic E-state index is 15.0. The number of urea groups is 1. The average Bonchev–Trinajstić information content (AvgIpc) is 3.45. The van der Waals surface area contributed by atoms with Crippen LogP contribution in [0.5, 0.6) is 17.2 Å². The third-order valence-electron chi connectivity index (χ3n) is 7.07. The van der Waals surface area contributed by atoms with Gasteiger partial charge >= 0.3 is 25.2 Å². The summed E-state index contributed by atoms with van der Waals surface area (Å²) in [6, 6.07) is 13.7. The van der Waals surface area contributed by atoms with E-state index in [-0.39, 0.29) is 35.1 Å². The first-order chi connectivity index (χ1) is 20.4. The maximum atomic E-state index is 15.0. The lowest BCUT2D eigenvalue weighted by Gasteiger charge is -2.37. The lowest BCUT2D eigenvalue weighted by molar-refractivity contribution is -0.253. The number of alkyl halides is 6. The number of methoxy groups -OCH3 is 1. The summed E-state index contributed by atoms with van der Waals surface area (Å²) in [7, 11) is 1.19. The summed E-state index contributed by atoms with van der Waals surface area (Å²) in [4.78, 5) is 13.5. The zero-order valence-corrected chi connectivity index (χ0v) is 22.9. The Bertz CT molecular complexity index is 1390.